The van der Waals surface area contributed by atoms with Crippen LogP contribution in [0.25, 0.3) is 16.6 Å². The van der Waals surface area contributed by atoms with Crippen LogP contribution >= 0.6 is 0 Å². The molecule has 140 valence electrons. The Kier molecular flexibility index (Phi) is 8.75. The van der Waals surface area contributed by atoms with Crippen molar-refractivity contribution >= 4 is 33.8 Å². The minimum atomic E-state index is -1.71. The molecule has 1 atom stereocenters. The number of hydrogen-bond acceptors (Lipinski definition) is 4. The summed E-state index contributed by atoms with van der Waals surface area (Å²) >= 11 is -1.71. The number of anilines is 1. The third kappa shape index (κ3) is 4.59. The van der Waals surface area contributed by atoms with Crippen molar-refractivity contribution in [3.05, 3.63) is 66.2 Å². The Morgan fingerprint density at radius 3 is 2.27 bits per heavy atom. The highest BCUT2D eigenvalue weighted by molar-refractivity contribution is 7.78. The van der Waals surface area contributed by atoms with E-state index in [1.807, 2.05) is 76.2 Å². The number of nitrogens with two attached hydrogens (primary N) is 1. The first kappa shape index (κ1) is 21.6. The maximum atomic E-state index is 12.0. The van der Waals surface area contributed by atoms with Gasteiger partial charge in [0.15, 0.2) is 0 Å². The molecular weight excluding hydrogens is 346 g/mol. The predicted octanol–water partition coefficient (Wildman–Crippen LogP) is 4.81. The van der Waals surface area contributed by atoms with Crippen LogP contribution in [0, 0.1) is 0 Å². The molecule has 5 nitrogen and oxygen atoms in total. The minimum absolute atomic E-state index is 0.151. The summed E-state index contributed by atoms with van der Waals surface area (Å²) in [5, 5.41) is 0. The van der Waals surface area contributed by atoms with Crippen molar-refractivity contribution in [2.45, 2.75) is 27.7 Å². The molecule has 2 N–H and O–H groups in total. The van der Waals surface area contributed by atoms with Crippen molar-refractivity contribution in [1.29, 1.82) is 0 Å². The van der Waals surface area contributed by atoms with Crippen molar-refractivity contribution < 1.29 is 8.39 Å². The van der Waals surface area contributed by atoms with Gasteiger partial charge in [-0.2, -0.15) is 0 Å². The van der Waals surface area contributed by atoms with Gasteiger partial charge in [-0.1, -0.05) is 70.7 Å². The monoisotopic (exact) mass is 373 g/mol. The molecule has 0 fully saturated rings. The SMILES string of the molecule is C=C(c1ccccc1)c1ccc2nc(N)n(S(=O)OC)c2c1.CC.CC. The Balaban J connectivity index is 0.000000791. The third-order valence-corrected chi connectivity index (χ3v) is 4.37. The summed E-state index contributed by atoms with van der Waals surface area (Å²) in [5.74, 6) is 0.151. The largest absolute Gasteiger partial charge is 0.368 e. The van der Waals surface area contributed by atoms with Gasteiger partial charge in [0.1, 0.15) is 0 Å². The van der Waals surface area contributed by atoms with Gasteiger partial charge in [-0.3, -0.25) is 4.18 Å². The smallest absolute Gasteiger partial charge is 0.271 e. The van der Waals surface area contributed by atoms with Gasteiger partial charge >= 0.3 is 0 Å². The molecule has 3 aromatic rings. The average Bonchev–Trinajstić information content (AvgIpc) is 3.05. The molecule has 0 radical (unpaired) electrons. The van der Waals surface area contributed by atoms with Gasteiger partial charge in [0.2, 0.25) is 5.95 Å². The topological polar surface area (TPSA) is 70.1 Å². The Hall–Kier alpha value is -2.44. The fourth-order valence-electron chi connectivity index (χ4n) is 2.30. The summed E-state index contributed by atoms with van der Waals surface area (Å²) in [6, 6.07) is 15.5. The Morgan fingerprint density at radius 1 is 1.08 bits per heavy atom. The molecule has 0 spiro atoms. The fraction of sp³-hybridized carbons (Fsp3) is 0.250. The summed E-state index contributed by atoms with van der Waals surface area (Å²) in [6.45, 7) is 12.1. The molecule has 3 rings (SSSR count). The number of nitrogens with zero attached hydrogens (tertiary/aromatic N) is 2. The van der Waals surface area contributed by atoms with Crippen LogP contribution < -0.4 is 5.73 Å². The number of fused-ring (bicyclic) bond motifs is 1. The van der Waals surface area contributed by atoms with Crippen LogP contribution in [0.3, 0.4) is 0 Å². The number of hydrogen-bond donors (Lipinski definition) is 1. The van der Waals surface area contributed by atoms with E-state index in [4.69, 9.17) is 9.92 Å². The quantitative estimate of drug-likeness (QED) is 0.713. The molecule has 0 saturated heterocycles. The summed E-state index contributed by atoms with van der Waals surface area (Å²) < 4.78 is 18.2. The second kappa shape index (κ2) is 10.5. The molecular formula is C20H27N3O2S. The van der Waals surface area contributed by atoms with E-state index in [0.717, 1.165) is 16.7 Å². The van der Waals surface area contributed by atoms with Crippen molar-refractivity contribution in [2.75, 3.05) is 12.8 Å². The molecule has 1 unspecified atom stereocenters. The van der Waals surface area contributed by atoms with Crippen molar-refractivity contribution in [3.8, 4) is 0 Å². The molecule has 0 saturated carbocycles. The van der Waals surface area contributed by atoms with Crippen LogP contribution in [0.1, 0.15) is 38.8 Å². The maximum Gasteiger partial charge on any atom is 0.271 e. The summed E-state index contributed by atoms with van der Waals surface area (Å²) in [6.07, 6.45) is 0. The number of imidazole rings is 1. The van der Waals surface area contributed by atoms with E-state index >= 15 is 0 Å². The first-order chi connectivity index (χ1) is 12.6. The molecule has 1 heterocycles. The molecule has 0 aliphatic heterocycles. The lowest BCUT2D eigenvalue weighted by atomic mass is 9.99. The van der Waals surface area contributed by atoms with Gasteiger partial charge in [0.25, 0.3) is 11.3 Å². The van der Waals surface area contributed by atoms with Crippen molar-refractivity contribution in [2.24, 2.45) is 0 Å². The zero-order chi connectivity index (χ0) is 19.7. The van der Waals surface area contributed by atoms with E-state index in [9.17, 15) is 4.21 Å². The number of benzene rings is 2. The molecule has 0 bridgehead atoms. The molecule has 26 heavy (non-hydrogen) atoms. The van der Waals surface area contributed by atoms with E-state index in [0.29, 0.717) is 11.0 Å². The van der Waals surface area contributed by atoms with Crippen LogP contribution in [-0.4, -0.2) is 20.3 Å². The number of rotatable bonds is 4. The lowest BCUT2D eigenvalue weighted by Gasteiger charge is -2.07. The third-order valence-electron chi connectivity index (χ3n) is 3.40. The highest BCUT2D eigenvalue weighted by Crippen LogP contribution is 2.26. The predicted molar refractivity (Wildman–Crippen MR) is 112 cm³/mol. The Morgan fingerprint density at radius 2 is 1.69 bits per heavy atom. The van der Waals surface area contributed by atoms with Crippen LogP contribution in [0.4, 0.5) is 5.95 Å². The molecule has 0 amide bonds. The van der Waals surface area contributed by atoms with Gasteiger partial charge in [0.05, 0.1) is 18.1 Å². The lowest BCUT2D eigenvalue weighted by Crippen LogP contribution is -2.09. The average molecular weight is 374 g/mol. The zero-order valence-electron chi connectivity index (χ0n) is 16.0. The van der Waals surface area contributed by atoms with Crippen LogP contribution in [0.15, 0.2) is 55.1 Å². The van der Waals surface area contributed by atoms with Crippen molar-refractivity contribution in [3.63, 3.8) is 0 Å². The van der Waals surface area contributed by atoms with Gasteiger partial charge in [-0.15, -0.1) is 0 Å². The lowest BCUT2D eigenvalue weighted by molar-refractivity contribution is 0.441. The standard InChI is InChI=1S/C16H15N3O2S.2C2H6/c1-11(12-6-4-3-5-7-12)13-8-9-14-15(10-13)19(16(17)18-14)22(20)21-2;2*1-2/h3-10H,1H2,2H3,(H2,17,18);2*1-2H3. The van der Waals surface area contributed by atoms with E-state index in [1.165, 1.54) is 11.1 Å². The molecule has 1 aromatic heterocycles. The van der Waals surface area contributed by atoms with Gasteiger partial charge in [0, 0.05) is 0 Å². The molecule has 6 heteroatoms. The number of aromatic nitrogens is 2. The summed E-state index contributed by atoms with van der Waals surface area (Å²) in [4.78, 5) is 4.19. The first-order valence-corrected chi connectivity index (χ1v) is 9.64. The zero-order valence-corrected chi connectivity index (χ0v) is 16.8. The minimum Gasteiger partial charge on any atom is -0.368 e. The molecule has 0 aliphatic rings. The Labute approximate surface area is 158 Å². The van der Waals surface area contributed by atoms with Gasteiger partial charge < -0.3 is 5.73 Å². The summed E-state index contributed by atoms with van der Waals surface area (Å²) in [7, 11) is 1.36. The van der Waals surface area contributed by atoms with Gasteiger partial charge in [-0.25, -0.2) is 13.2 Å². The summed E-state index contributed by atoms with van der Waals surface area (Å²) in [5.41, 5.74) is 9.93. The van der Waals surface area contributed by atoms with Crippen LogP contribution in [0.5, 0.6) is 0 Å². The maximum absolute atomic E-state index is 12.0. The number of nitrogen functional groups attached to an aromatic ring is 1. The van der Waals surface area contributed by atoms with Crippen LogP contribution in [-0.2, 0) is 15.4 Å². The highest BCUT2D eigenvalue weighted by atomic mass is 32.2. The molecule has 0 aliphatic carbocycles. The highest BCUT2D eigenvalue weighted by Gasteiger charge is 2.15. The van der Waals surface area contributed by atoms with Gasteiger partial charge in [-0.05, 0) is 28.8 Å². The first-order valence-electron chi connectivity index (χ1n) is 8.61. The van der Waals surface area contributed by atoms with Crippen molar-refractivity contribution in [1.82, 2.24) is 8.96 Å². The van der Waals surface area contributed by atoms with E-state index < -0.39 is 11.3 Å². The van der Waals surface area contributed by atoms with Crippen LogP contribution in [0.2, 0.25) is 0 Å². The Bertz CT molecular complexity index is 873. The second-order valence-corrected chi connectivity index (χ2v) is 5.83. The van der Waals surface area contributed by atoms with E-state index in [-0.39, 0.29) is 5.95 Å². The normalized spacial score (nSPS) is 11.0. The molecule has 2 aromatic carbocycles. The van der Waals surface area contributed by atoms with E-state index in [1.54, 1.807) is 0 Å². The van der Waals surface area contributed by atoms with E-state index in [2.05, 4.69) is 11.6 Å². The second-order valence-electron chi connectivity index (χ2n) is 4.70. The fourth-order valence-corrected chi connectivity index (χ4v) is 2.95.